The number of rotatable bonds is 3. The lowest BCUT2D eigenvalue weighted by molar-refractivity contribution is 0.836. The van der Waals surface area contributed by atoms with Crippen LogP contribution in [0.2, 0.25) is 0 Å². The van der Waals surface area contributed by atoms with Crippen molar-refractivity contribution in [1.82, 2.24) is 14.0 Å². The largest absolute Gasteiger partial charge is 0.342 e. The van der Waals surface area contributed by atoms with Crippen LogP contribution in [0.4, 0.5) is 0 Å². The van der Waals surface area contributed by atoms with E-state index in [1.54, 1.807) is 4.40 Å². The van der Waals surface area contributed by atoms with Crippen LogP contribution >= 0.6 is 11.3 Å². The van der Waals surface area contributed by atoms with Gasteiger partial charge in [-0.25, -0.2) is 9.38 Å². The molecule has 31 heavy (non-hydrogen) atoms. The van der Waals surface area contributed by atoms with E-state index >= 15 is 0 Å². The summed E-state index contributed by atoms with van der Waals surface area (Å²) < 4.78 is 4.67. The molecule has 0 spiro atoms. The topological polar surface area (TPSA) is 39.3 Å². The summed E-state index contributed by atoms with van der Waals surface area (Å²) in [5.74, 6) is 0. The lowest BCUT2D eigenvalue weighted by atomic mass is 10.1. The van der Waals surface area contributed by atoms with E-state index < -0.39 is 0 Å². The van der Waals surface area contributed by atoms with Gasteiger partial charge in [0.2, 0.25) is 0 Å². The van der Waals surface area contributed by atoms with Crippen LogP contribution in [0, 0.1) is 6.92 Å². The molecule has 150 valence electrons. The minimum atomic E-state index is -0.0101. The van der Waals surface area contributed by atoms with Crippen molar-refractivity contribution in [2.24, 2.45) is 0 Å². The summed E-state index contributed by atoms with van der Waals surface area (Å²) in [6.07, 6.45) is 4.15. The number of aryl methyl sites for hydroxylation is 1. The summed E-state index contributed by atoms with van der Waals surface area (Å²) in [5.41, 5.74) is 6.43. The molecule has 0 bridgehead atoms. The molecule has 0 saturated heterocycles. The highest BCUT2D eigenvalue weighted by Gasteiger charge is 2.12. The Bertz CT molecular complexity index is 1690. The van der Waals surface area contributed by atoms with Gasteiger partial charge in [-0.2, -0.15) is 0 Å². The molecule has 0 radical (unpaired) electrons. The Morgan fingerprint density at radius 1 is 0.935 bits per heavy atom. The fourth-order valence-electron chi connectivity index (χ4n) is 4.16. The van der Waals surface area contributed by atoms with E-state index in [9.17, 15) is 4.79 Å². The Balaban J connectivity index is 1.52. The molecule has 5 heteroatoms. The van der Waals surface area contributed by atoms with Crippen molar-refractivity contribution in [2.45, 2.75) is 13.5 Å². The first-order valence-corrected chi connectivity index (χ1v) is 11.0. The van der Waals surface area contributed by atoms with Gasteiger partial charge in [-0.3, -0.25) is 4.79 Å². The van der Waals surface area contributed by atoms with Crippen molar-refractivity contribution in [1.29, 1.82) is 0 Å². The molecule has 0 aliphatic heterocycles. The highest BCUT2D eigenvalue weighted by Crippen LogP contribution is 2.23. The summed E-state index contributed by atoms with van der Waals surface area (Å²) in [5, 5.41) is 1.14. The summed E-state index contributed by atoms with van der Waals surface area (Å²) in [6, 6.07) is 24.7. The summed E-state index contributed by atoms with van der Waals surface area (Å²) in [7, 11) is 0. The van der Waals surface area contributed by atoms with Crippen molar-refractivity contribution in [3.05, 3.63) is 111 Å². The van der Waals surface area contributed by atoms with Crippen molar-refractivity contribution in [3.8, 4) is 0 Å². The molecule has 4 nitrogen and oxygen atoms in total. The van der Waals surface area contributed by atoms with Gasteiger partial charge in [-0.15, -0.1) is 0 Å². The van der Waals surface area contributed by atoms with Gasteiger partial charge in [0.15, 0.2) is 4.96 Å². The van der Waals surface area contributed by atoms with E-state index in [0.29, 0.717) is 4.53 Å². The summed E-state index contributed by atoms with van der Waals surface area (Å²) in [6.45, 7) is 2.89. The number of para-hydroxylation sites is 3. The third-order valence-corrected chi connectivity index (χ3v) is 6.69. The molecule has 3 heterocycles. The first-order valence-electron chi connectivity index (χ1n) is 10.2. The van der Waals surface area contributed by atoms with Crippen LogP contribution in [0.5, 0.6) is 0 Å². The zero-order valence-electron chi connectivity index (χ0n) is 16.9. The molecule has 0 aliphatic carbocycles. The maximum atomic E-state index is 13.2. The quantitative estimate of drug-likeness (QED) is 0.413. The van der Waals surface area contributed by atoms with Crippen molar-refractivity contribution in [2.75, 3.05) is 0 Å². The summed E-state index contributed by atoms with van der Waals surface area (Å²) >= 11 is 1.44. The van der Waals surface area contributed by atoms with E-state index in [4.69, 9.17) is 0 Å². The second kappa shape index (κ2) is 6.93. The standard InChI is InChI=1S/C26H19N3OS/c1-17-10-12-18(13-11-17)15-28-16-19(20-6-2-4-8-22(20)28)14-24-25(30)29-23-9-5-3-7-21(23)27-26(29)31-24/h2-14,16H,15H2,1H3/b24-14+. The molecule has 0 fully saturated rings. The number of hydrogen-bond donors (Lipinski definition) is 0. The Hall–Kier alpha value is -3.70. The monoisotopic (exact) mass is 421 g/mol. The van der Waals surface area contributed by atoms with Crippen LogP contribution in [0.15, 0.2) is 83.8 Å². The highest BCUT2D eigenvalue weighted by molar-refractivity contribution is 7.15. The molecular formula is C26H19N3OS. The van der Waals surface area contributed by atoms with E-state index in [-0.39, 0.29) is 5.56 Å². The minimum Gasteiger partial charge on any atom is -0.342 e. The Labute approximate surface area is 182 Å². The minimum absolute atomic E-state index is 0.0101. The molecule has 3 aromatic carbocycles. The molecule has 0 atom stereocenters. The fourth-order valence-corrected chi connectivity index (χ4v) is 5.14. The smallest absolute Gasteiger partial charge is 0.274 e. The Kier molecular flexibility index (Phi) is 4.04. The second-order valence-corrected chi connectivity index (χ2v) is 8.86. The van der Waals surface area contributed by atoms with Gasteiger partial charge in [0.05, 0.1) is 15.6 Å². The average Bonchev–Trinajstić information content (AvgIpc) is 3.42. The molecule has 0 saturated carbocycles. The average molecular weight is 422 g/mol. The Morgan fingerprint density at radius 3 is 2.52 bits per heavy atom. The Morgan fingerprint density at radius 2 is 1.68 bits per heavy atom. The van der Waals surface area contributed by atoms with E-state index in [2.05, 4.69) is 65.1 Å². The number of nitrogens with zero attached hydrogens (tertiary/aromatic N) is 3. The lowest BCUT2D eigenvalue weighted by Crippen LogP contribution is -2.22. The number of thiazole rings is 1. The molecule has 0 N–H and O–H groups in total. The third-order valence-electron chi connectivity index (χ3n) is 5.72. The van der Waals surface area contributed by atoms with Gasteiger partial charge < -0.3 is 4.57 Å². The first kappa shape index (κ1) is 18.1. The van der Waals surface area contributed by atoms with Crippen molar-refractivity contribution < 1.29 is 0 Å². The maximum Gasteiger partial charge on any atom is 0.274 e. The number of aromatic nitrogens is 3. The number of imidazole rings is 1. The molecule has 0 unspecified atom stereocenters. The molecule has 0 aliphatic rings. The van der Waals surface area contributed by atoms with E-state index in [1.807, 2.05) is 36.4 Å². The van der Waals surface area contributed by atoms with Gasteiger partial charge >= 0.3 is 0 Å². The van der Waals surface area contributed by atoms with Gasteiger partial charge in [-0.05, 0) is 36.8 Å². The van der Waals surface area contributed by atoms with E-state index in [0.717, 1.165) is 39.0 Å². The van der Waals surface area contributed by atoms with Gasteiger partial charge in [0.25, 0.3) is 5.56 Å². The molecule has 6 aromatic rings. The SMILES string of the molecule is Cc1ccc(Cn2cc(/C=c3/sc4nc5ccccc5n4c3=O)c3ccccc32)cc1. The first-order chi connectivity index (χ1) is 15.2. The number of fused-ring (bicyclic) bond motifs is 4. The summed E-state index contributed by atoms with van der Waals surface area (Å²) in [4.78, 5) is 18.5. The van der Waals surface area contributed by atoms with Gasteiger partial charge in [-0.1, -0.05) is 71.5 Å². The van der Waals surface area contributed by atoms with Crippen LogP contribution in [-0.2, 0) is 6.54 Å². The van der Waals surface area contributed by atoms with Crippen LogP contribution in [0.1, 0.15) is 16.7 Å². The lowest BCUT2D eigenvalue weighted by Gasteiger charge is -2.06. The number of hydrogen-bond acceptors (Lipinski definition) is 3. The normalized spacial score (nSPS) is 12.5. The third kappa shape index (κ3) is 2.97. The van der Waals surface area contributed by atoms with Gasteiger partial charge in [0, 0.05) is 29.2 Å². The van der Waals surface area contributed by atoms with Crippen LogP contribution in [0.3, 0.4) is 0 Å². The molecule has 0 amide bonds. The maximum absolute atomic E-state index is 13.2. The highest BCUT2D eigenvalue weighted by atomic mass is 32.1. The fraction of sp³-hybridized carbons (Fsp3) is 0.0769. The second-order valence-electron chi connectivity index (χ2n) is 7.85. The van der Waals surface area contributed by atoms with Crippen molar-refractivity contribution in [3.63, 3.8) is 0 Å². The van der Waals surface area contributed by atoms with Crippen LogP contribution in [-0.4, -0.2) is 14.0 Å². The van der Waals surface area contributed by atoms with Crippen LogP contribution in [0.25, 0.3) is 33.0 Å². The zero-order chi connectivity index (χ0) is 20.9. The predicted molar refractivity (Wildman–Crippen MR) is 128 cm³/mol. The number of benzene rings is 3. The molecule has 6 rings (SSSR count). The molecular weight excluding hydrogens is 402 g/mol. The predicted octanol–water partition coefficient (Wildman–Crippen LogP) is 4.77. The van der Waals surface area contributed by atoms with Crippen molar-refractivity contribution >= 4 is 44.3 Å². The van der Waals surface area contributed by atoms with Crippen LogP contribution < -0.4 is 10.1 Å². The van der Waals surface area contributed by atoms with E-state index in [1.165, 1.54) is 22.5 Å². The zero-order valence-corrected chi connectivity index (χ0v) is 17.8. The molecule has 3 aromatic heterocycles. The van der Waals surface area contributed by atoms with Gasteiger partial charge in [0.1, 0.15) is 0 Å².